The van der Waals surface area contributed by atoms with Crippen LogP contribution >= 0.6 is 11.6 Å². The average Bonchev–Trinajstić information content (AvgIpc) is 2.43. The summed E-state index contributed by atoms with van der Waals surface area (Å²) in [5.41, 5.74) is 0.325. The molecule has 0 spiro atoms. The lowest BCUT2D eigenvalue weighted by Crippen LogP contribution is -2.20. The maximum Gasteiger partial charge on any atom is 0.259 e. The predicted octanol–water partition coefficient (Wildman–Crippen LogP) is 0.949. The van der Waals surface area contributed by atoms with Crippen molar-refractivity contribution in [3.63, 3.8) is 0 Å². The minimum atomic E-state index is -0.744. The molecule has 0 saturated heterocycles. The van der Waals surface area contributed by atoms with Crippen LogP contribution in [0.5, 0.6) is 0 Å². The highest BCUT2D eigenvalue weighted by Crippen LogP contribution is 2.21. The van der Waals surface area contributed by atoms with Crippen LogP contribution < -0.4 is 5.32 Å². The number of halogens is 1. The van der Waals surface area contributed by atoms with Gasteiger partial charge in [0.15, 0.2) is 0 Å². The summed E-state index contributed by atoms with van der Waals surface area (Å²) in [4.78, 5) is 33.4. The number of hydrogen-bond acceptors (Lipinski definition) is 3. The van der Waals surface area contributed by atoms with Crippen LogP contribution in [0.25, 0.3) is 0 Å². The van der Waals surface area contributed by atoms with Crippen LogP contribution in [0, 0.1) is 0 Å². The molecule has 14 heavy (non-hydrogen) atoms. The normalized spacial score (nSPS) is 13.8. The summed E-state index contributed by atoms with van der Waals surface area (Å²) in [5.74, 6) is -1.07. The predicted molar refractivity (Wildman–Crippen MR) is 48.4 cm³/mol. The molecule has 4 nitrogen and oxygen atoms in total. The van der Waals surface area contributed by atoms with Crippen molar-refractivity contribution in [2.45, 2.75) is 0 Å². The number of benzene rings is 1. The van der Waals surface area contributed by atoms with E-state index in [2.05, 4.69) is 5.32 Å². The zero-order valence-corrected chi connectivity index (χ0v) is 7.59. The largest absolute Gasteiger partial charge is 0.288 e. The molecule has 1 aromatic rings. The van der Waals surface area contributed by atoms with Crippen molar-refractivity contribution in [3.8, 4) is 0 Å². The Hall–Kier alpha value is -1.68. The first-order valence-corrected chi connectivity index (χ1v) is 4.17. The second kappa shape index (κ2) is 2.92. The molecule has 0 atom stereocenters. The Morgan fingerprint density at radius 2 is 1.93 bits per heavy atom. The fourth-order valence-electron chi connectivity index (χ4n) is 1.38. The molecular formula is C9H4ClNO3. The van der Waals surface area contributed by atoms with Crippen LogP contribution in [0.3, 0.4) is 0 Å². The van der Waals surface area contributed by atoms with Gasteiger partial charge < -0.3 is 0 Å². The van der Waals surface area contributed by atoms with Crippen molar-refractivity contribution < 1.29 is 14.4 Å². The second-order valence-corrected chi connectivity index (χ2v) is 3.13. The van der Waals surface area contributed by atoms with Gasteiger partial charge in [0.2, 0.25) is 0 Å². The SMILES string of the molecule is O=C(Cl)c1cccc2c1C(=O)NC2=O. The van der Waals surface area contributed by atoms with E-state index in [0.717, 1.165) is 0 Å². The maximum absolute atomic E-state index is 11.3. The van der Waals surface area contributed by atoms with E-state index in [1.54, 1.807) is 0 Å². The van der Waals surface area contributed by atoms with E-state index in [9.17, 15) is 14.4 Å². The number of nitrogens with one attached hydrogen (secondary N) is 1. The molecule has 2 rings (SSSR count). The number of amides is 2. The lowest BCUT2D eigenvalue weighted by atomic mass is 10.0. The maximum atomic E-state index is 11.3. The summed E-state index contributed by atoms with van der Waals surface area (Å²) in [7, 11) is 0. The van der Waals surface area contributed by atoms with E-state index >= 15 is 0 Å². The number of carbonyl (C=O) groups is 3. The fourth-order valence-corrected chi connectivity index (χ4v) is 1.54. The van der Waals surface area contributed by atoms with Crippen LogP contribution in [0.1, 0.15) is 31.1 Å². The van der Waals surface area contributed by atoms with Crippen LogP contribution in [0.2, 0.25) is 0 Å². The minimum absolute atomic E-state index is 0.0625. The number of hydrogen-bond donors (Lipinski definition) is 1. The summed E-state index contributed by atoms with van der Waals surface area (Å²) < 4.78 is 0. The molecule has 1 aliphatic rings. The summed E-state index contributed by atoms with van der Waals surface area (Å²) in [5, 5.41) is 1.34. The van der Waals surface area contributed by atoms with Gasteiger partial charge in [-0.3, -0.25) is 19.7 Å². The van der Waals surface area contributed by atoms with Gasteiger partial charge >= 0.3 is 0 Å². The molecule has 70 valence electrons. The van der Waals surface area contributed by atoms with Crippen LogP contribution in [0.15, 0.2) is 18.2 Å². The smallest absolute Gasteiger partial charge is 0.259 e. The molecule has 0 saturated carbocycles. The Bertz CT molecular complexity index is 467. The zero-order valence-electron chi connectivity index (χ0n) is 6.83. The van der Waals surface area contributed by atoms with Gasteiger partial charge in [-0.25, -0.2) is 0 Å². The van der Waals surface area contributed by atoms with Crippen molar-refractivity contribution in [2.24, 2.45) is 0 Å². The third-order valence-corrected chi connectivity index (χ3v) is 2.18. The summed E-state index contributed by atoms with van der Waals surface area (Å²) >= 11 is 5.27. The molecule has 0 radical (unpaired) electrons. The minimum Gasteiger partial charge on any atom is -0.288 e. The summed E-state index contributed by atoms with van der Waals surface area (Å²) in [6.07, 6.45) is 0. The second-order valence-electron chi connectivity index (χ2n) is 2.79. The van der Waals surface area contributed by atoms with E-state index in [4.69, 9.17) is 11.6 Å². The lowest BCUT2D eigenvalue weighted by Gasteiger charge is -1.98. The highest BCUT2D eigenvalue weighted by atomic mass is 35.5. The Labute approximate surface area is 83.9 Å². The van der Waals surface area contributed by atoms with Crippen molar-refractivity contribution >= 4 is 28.7 Å². The van der Waals surface area contributed by atoms with Gasteiger partial charge in [0.25, 0.3) is 17.1 Å². The Morgan fingerprint density at radius 3 is 2.57 bits per heavy atom. The van der Waals surface area contributed by atoms with E-state index in [1.807, 2.05) is 0 Å². The molecule has 1 aromatic carbocycles. The third kappa shape index (κ3) is 1.12. The van der Waals surface area contributed by atoms with Gasteiger partial charge in [-0.15, -0.1) is 0 Å². The highest BCUT2D eigenvalue weighted by Gasteiger charge is 2.30. The van der Waals surface area contributed by atoms with Gasteiger partial charge in [0.05, 0.1) is 11.1 Å². The van der Waals surface area contributed by atoms with Crippen LogP contribution in [0.4, 0.5) is 0 Å². The van der Waals surface area contributed by atoms with Crippen molar-refractivity contribution in [1.82, 2.24) is 5.32 Å². The molecule has 1 N–H and O–H groups in total. The van der Waals surface area contributed by atoms with Crippen molar-refractivity contribution in [3.05, 3.63) is 34.9 Å². The zero-order chi connectivity index (χ0) is 10.3. The Balaban J connectivity index is 2.74. The topological polar surface area (TPSA) is 63.2 Å². The van der Waals surface area contributed by atoms with Crippen molar-refractivity contribution in [1.29, 1.82) is 0 Å². The molecule has 0 aromatic heterocycles. The van der Waals surface area contributed by atoms with Gasteiger partial charge in [0.1, 0.15) is 0 Å². The lowest BCUT2D eigenvalue weighted by molar-refractivity contribution is 0.0876. The average molecular weight is 210 g/mol. The molecule has 1 aliphatic heterocycles. The molecular weight excluding hydrogens is 206 g/mol. The van der Waals surface area contributed by atoms with Crippen LogP contribution in [-0.2, 0) is 0 Å². The van der Waals surface area contributed by atoms with Crippen LogP contribution in [-0.4, -0.2) is 17.1 Å². The van der Waals surface area contributed by atoms with Gasteiger partial charge in [0, 0.05) is 5.56 Å². The van der Waals surface area contributed by atoms with Gasteiger partial charge in [-0.05, 0) is 23.7 Å². The monoisotopic (exact) mass is 209 g/mol. The van der Waals surface area contributed by atoms with E-state index in [1.165, 1.54) is 18.2 Å². The number of imide groups is 1. The quantitative estimate of drug-likeness (QED) is 0.553. The fraction of sp³-hybridized carbons (Fsp3) is 0. The first-order valence-electron chi connectivity index (χ1n) is 3.80. The first kappa shape index (κ1) is 8.90. The highest BCUT2D eigenvalue weighted by molar-refractivity contribution is 6.68. The molecule has 1 heterocycles. The number of carbonyl (C=O) groups excluding carboxylic acids is 3. The standard InChI is InChI=1S/C9H4ClNO3/c10-7(12)4-2-1-3-5-6(4)9(14)11-8(5)13/h1-3H,(H,11,13,14). The Morgan fingerprint density at radius 1 is 1.21 bits per heavy atom. The summed E-state index contributed by atoms with van der Waals surface area (Å²) in [6.45, 7) is 0. The first-order chi connectivity index (χ1) is 6.61. The Kier molecular flexibility index (Phi) is 1.86. The van der Waals surface area contributed by atoms with E-state index in [-0.39, 0.29) is 16.7 Å². The molecule has 2 amide bonds. The molecule has 0 fully saturated rings. The van der Waals surface area contributed by atoms with Gasteiger partial charge in [-0.1, -0.05) is 6.07 Å². The van der Waals surface area contributed by atoms with E-state index < -0.39 is 17.1 Å². The van der Waals surface area contributed by atoms with E-state index in [0.29, 0.717) is 0 Å². The summed E-state index contributed by atoms with van der Waals surface area (Å²) in [6, 6.07) is 4.39. The van der Waals surface area contributed by atoms with Gasteiger partial charge in [-0.2, -0.15) is 0 Å². The third-order valence-electron chi connectivity index (χ3n) is 1.97. The number of rotatable bonds is 1. The number of fused-ring (bicyclic) bond motifs is 1. The van der Waals surface area contributed by atoms with Crippen molar-refractivity contribution in [2.75, 3.05) is 0 Å². The molecule has 0 aliphatic carbocycles. The molecule has 5 heteroatoms. The molecule has 0 bridgehead atoms. The molecule has 0 unspecified atom stereocenters.